The first-order valence-electron chi connectivity index (χ1n) is 19.2. The number of nitrogens with zero attached hydrogens (tertiary/aromatic N) is 1. The van der Waals surface area contributed by atoms with E-state index in [9.17, 15) is 48.9 Å². The molecule has 1 atom stereocenters. The van der Waals surface area contributed by atoms with Gasteiger partial charge < -0.3 is 57.1 Å². The number of amides is 6. The molecule has 10 N–H and O–H groups in total. The van der Waals surface area contributed by atoms with Crippen LogP contribution in [0.5, 0.6) is 23.0 Å². The number of benzene rings is 4. The number of carboxylic acid groups (broad SMARTS) is 1. The molecule has 0 aliphatic heterocycles. The number of nitriles is 1. The molecule has 20 heteroatoms. The standard InChI is InChI=1S/C44H41N7O12S/c1-21(2)62-37-30(16-14-28(35(37)53)41(57)50-31-17-15-29(44(60)61)36(54)38(31)63-22(3)4)49-39(55)23-5-9-25(10-6-23)47-42(58)32(19-34(46)52)51-40(56)24-7-11-26(12-8-24)48-43(59)33-18-13-27(20-45)64-33/h5-18,21-22,32,53-54H,19H2,1-4H3,(H2,46,52)(H,47,58)(H,48,59)(H,49,55)(H,50,57)(H,51,56)(H,60,61)/t32-/m0/s1. The lowest BCUT2D eigenvalue weighted by atomic mass is 10.1. The first-order chi connectivity index (χ1) is 30.3. The maximum absolute atomic E-state index is 13.4. The molecule has 6 amide bonds. The van der Waals surface area contributed by atoms with E-state index in [1.807, 2.05) is 6.07 Å². The van der Waals surface area contributed by atoms with Gasteiger partial charge in [-0.25, -0.2) is 4.79 Å². The molecule has 4 aromatic carbocycles. The number of aromatic hydroxyl groups is 2. The Hall–Kier alpha value is -8.44. The Labute approximate surface area is 368 Å². The summed E-state index contributed by atoms with van der Waals surface area (Å²) < 4.78 is 11.4. The Morgan fingerprint density at radius 2 is 1.14 bits per heavy atom. The van der Waals surface area contributed by atoms with E-state index in [0.29, 0.717) is 15.4 Å². The molecule has 64 heavy (non-hydrogen) atoms. The third-order valence-electron chi connectivity index (χ3n) is 8.73. The van der Waals surface area contributed by atoms with Gasteiger partial charge in [0.25, 0.3) is 23.6 Å². The van der Waals surface area contributed by atoms with Crippen molar-refractivity contribution in [1.29, 1.82) is 5.26 Å². The minimum atomic E-state index is -1.43. The number of rotatable bonds is 17. The fraction of sp³-hybridized carbons (Fsp3) is 0.182. The Morgan fingerprint density at radius 3 is 1.64 bits per heavy atom. The highest BCUT2D eigenvalue weighted by molar-refractivity contribution is 7.14. The monoisotopic (exact) mass is 891 g/mol. The van der Waals surface area contributed by atoms with Gasteiger partial charge in [-0.05, 0) is 113 Å². The zero-order chi connectivity index (χ0) is 46.8. The van der Waals surface area contributed by atoms with E-state index >= 15 is 0 Å². The van der Waals surface area contributed by atoms with Crippen molar-refractivity contribution in [3.8, 4) is 29.1 Å². The van der Waals surface area contributed by atoms with Crippen LogP contribution in [0.2, 0.25) is 0 Å². The molecule has 5 rings (SSSR count). The van der Waals surface area contributed by atoms with E-state index in [1.54, 1.807) is 27.7 Å². The van der Waals surface area contributed by atoms with Crippen LogP contribution in [-0.4, -0.2) is 75.0 Å². The summed E-state index contributed by atoms with van der Waals surface area (Å²) in [5.74, 6) is -7.76. The van der Waals surface area contributed by atoms with Crippen LogP contribution in [0.3, 0.4) is 0 Å². The van der Waals surface area contributed by atoms with Crippen molar-refractivity contribution in [2.24, 2.45) is 5.73 Å². The molecular weight excluding hydrogens is 851 g/mol. The molecule has 0 aliphatic carbocycles. The van der Waals surface area contributed by atoms with Crippen LogP contribution in [0, 0.1) is 11.3 Å². The van der Waals surface area contributed by atoms with Gasteiger partial charge in [-0.2, -0.15) is 5.26 Å². The second kappa shape index (κ2) is 20.4. The third-order valence-corrected chi connectivity index (χ3v) is 9.72. The summed E-state index contributed by atoms with van der Waals surface area (Å²) in [6.45, 7) is 6.55. The fourth-order valence-corrected chi connectivity index (χ4v) is 6.49. The van der Waals surface area contributed by atoms with Gasteiger partial charge in [0, 0.05) is 22.5 Å². The number of carbonyl (C=O) groups excluding carboxylic acids is 6. The Morgan fingerprint density at radius 1 is 0.641 bits per heavy atom. The van der Waals surface area contributed by atoms with Gasteiger partial charge in [-0.15, -0.1) is 11.3 Å². The molecule has 1 aromatic heterocycles. The van der Waals surface area contributed by atoms with Crippen molar-refractivity contribution in [2.45, 2.75) is 52.4 Å². The van der Waals surface area contributed by atoms with E-state index in [0.717, 1.165) is 17.4 Å². The van der Waals surface area contributed by atoms with E-state index in [1.165, 1.54) is 78.9 Å². The molecule has 0 fully saturated rings. The summed E-state index contributed by atoms with van der Waals surface area (Å²) in [6.07, 6.45) is -1.62. The van der Waals surface area contributed by atoms with Gasteiger partial charge >= 0.3 is 5.97 Å². The summed E-state index contributed by atoms with van der Waals surface area (Å²) in [6, 6.07) is 19.6. The van der Waals surface area contributed by atoms with E-state index < -0.39 is 83.1 Å². The number of nitrogens with one attached hydrogen (secondary N) is 5. The third kappa shape index (κ3) is 11.7. The lowest BCUT2D eigenvalue weighted by molar-refractivity contribution is -0.123. The molecule has 0 unspecified atom stereocenters. The molecule has 330 valence electrons. The molecule has 1 heterocycles. The number of nitrogens with two attached hydrogens (primary N) is 1. The molecule has 5 aromatic rings. The van der Waals surface area contributed by atoms with Gasteiger partial charge in [0.05, 0.1) is 40.4 Å². The summed E-state index contributed by atoms with van der Waals surface area (Å²) in [5, 5.41) is 53.1. The van der Waals surface area contributed by atoms with E-state index in [-0.39, 0.29) is 45.3 Å². The van der Waals surface area contributed by atoms with Crippen LogP contribution < -0.4 is 41.8 Å². The number of phenols is 2. The molecule has 19 nitrogen and oxygen atoms in total. The van der Waals surface area contributed by atoms with Crippen molar-refractivity contribution in [3.05, 3.63) is 117 Å². The van der Waals surface area contributed by atoms with Crippen molar-refractivity contribution >= 4 is 75.5 Å². The lowest BCUT2D eigenvalue weighted by Gasteiger charge is -2.20. The highest BCUT2D eigenvalue weighted by atomic mass is 32.1. The van der Waals surface area contributed by atoms with Crippen molar-refractivity contribution in [3.63, 3.8) is 0 Å². The molecule has 0 aliphatic rings. The zero-order valence-corrected chi connectivity index (χ0v) is 35.3. The average Bonchev–Trinajstić information content (AvgIpc) is 3.73. The number of ether oxygens (including phenoxy) is 2. The highest BCUT2D eigenvalue weighted by Gasteiger charge is 2.27. The predicted octanol–water partition coefficient (Wildman–Crippen LogP) is 5.67. The smallest absolute Gasteiger partial charge is 0.339 e. The number of carboxylic acids is 1. The van der Waals surface area contributed by atoms with Crippen molar-refractivity contribution < 1.29 is 58.4 Å². The summed E-state index contributed by atoms with van der Waals surface area (Å²) >= 11 is 1.02. The normalized spacial score (nSPS) is 11.1. The Balaban J connectivity index is 1.25. The molecular formula is C44H41N7O12S. The number of aromatic carboxylic acids is 1. The highest BCUT2D eigenvalue weighted by Crippen LogP contribution is 2.41. The van der Waals surface area contributed by atoms with Gasteiger partial charge in [0.1, 0.15) is 22.6 Å². The summed E-state index contributed by atoms with van der Waals surface area (Å²) in [5.41, 5.74) is 5.23. The van der Waals surface area contributed by atoms with Crippen LogP contribution in [0.4, 0.5) is 22.7 Å². The first-order valence-corrected chi connectivity index (χ1v) is 20.0. The van der Waals surface area contributed by atoms with Crippen LogP contribution in [0.1, 0.15) is 90.1 Å². The average molecular weight is 892 g/mol. The van der Waals surface area contributed by atoms with E-state index in [2.05, 4.69) is 26.6 Å². The predicted molar refractivity (Wildman–Crippen MR) is 234 cm³/mol. The number of carbonyl (C=O) groups is 7. The van der Waals surface area contributed by atoms with Crippen LogP contribution in [0.25, 0.3) is 0 Å². The van der Waals surface area contributed by atoms with Crippen LogP contribution >= 0.6 is 11.3 Å². The van der Waals surface area contributed by atoms with Crippen LogP contribution in [0.15, 0.2) is 84.9 Å². The number of primary amides is 1. The van der Waals surface area contributed by atoms with Gasteiger partial charge in [-0.3, -0.25) is 28.8 Å². The van der Waals surface area contributed by atoms with Crippen LogP contribution in [-0.2, 0) is 9.59 Å². The number of thiophene rings is 1. The zero-order valence-electron chi connectivity index (χ0n) is 34.5. The minimum absolute atomic E-state index is 0.0182. The Kier molecular flexibility index (Phi) is 14.9. The SMILES string of the molecule is CC(C)Oc1c(NC(=O)c2ccc(NC(=O)c3ccc(NC(=O)[C@H](CC(N)=O)NC(=O)c4ccc(NC(=O)c5ccc(C#N)s5)cc4)cc3)c(OC(C)C)c2O)ccc(C(=O)O)c1O. The minimum Gasteiger partial charge on any atom is -0.504 e. The number of hydrogen-bond donors (Lipinski definition) is 9. The summed E-state index contributed by atoms with van der Waals surface area (Å²) in [7, 11) is 0. The number of hydrogen-bond acceptors (Lipinski definition) is 13. The maximum atomic E-state index is 13.4. The lowest BCUT2D eigenvalue weighted by Crippen LogP contribution is -2.46. The second-order valence-electron chi connectivity index (χ2n) is 14.3. The molecule has 0 spiro atoms. The van der Waals surface area contributed by atoms with Gasteiger partial charge in [0.15, 0.2) is 23.0 Å². The molecule has 0 bridgehead atoms. The summed E-state index contributed by atoms with van der Waals surface area (Å²) in [4.78, 5) is 89.8. The Bertz CT molecular complexity index is 2670. The number of phenolic OH excluding ortho intramolecular Hbond substituents is 1. The molecule has 0 saturated carbocycles. The topological polar surface area (TPSA) is 309 Å². The molecule has 0 saturated heterocycles. The number of anilines is 4. The second-order valence-corrected chi connectivity index (χ2v) is 15.4. The quantitative estimate of drug-likeness (QED) is 0.0544. The first kappa shape index (κ1) is 46.6. The van der Waals surface area contributed by atoms with E-state index in [4.69, 9.17) is 20.5 Å². The largest absolute Gasteiger partial charge is 0.504 e. The molecule has 0 radical (unpaired) electrons. The van der Waals surface area contributed by atoms with Gasteiger partial charge in [0.2, 0.25) is 11.8 Å². The van der Waals surface area contributed by atoms with Crippen molar-refractivity contribution in [2.75, 3.05) is 21.3 Å². The maximum Gasteiger partial charge on any atom is 0.339 e. The fourth-order valence-electron chi connectivity index (χ4n) is 5.79. The van der Waals surface area contributed by atoms with Crippen molar-refractivity contribution in [1.82, 2.24) is 5.32 Å². The van der Waals surface area contributed by atoms with Gasteiger partial charge in [-0.1, -0.05) is 0 Å².